The predicted octanol–water partition coefficient (Wildman–Crippen LogP) is 1.98. The molecule has 3 rings (SSSR count). The van der Waals surface area contributed by atoms with Gasteiger partial charge in [0.15, 0.2) is 0 Å². The van der Waals surface area contributed by atoms with Crippen LogP contribution < -0.4 is 5.32 Å². The number of anilines is 1. The molecule has 0 amide bonds. The number of likely N-dealkylation sites (tertiary alicyclic amines) is 1. The first-order valence-corrected chi connectivity index (χ1v) is 7.49. The van der Waals surface area contributed by atoms with Crippen molar-refractivity contribution >= 4 is 5.95 Å². The average molecular weight is 286 g/mol. The minimum Gasteiger partial charge on any atom is -0.357 e. The summed E-state index contributed by atoms with van der Waals surface area (Å²) in [6, 6.07) is 2.38. The molecule has 6 heteroatoms. The summed E-state index contributed by atoms with van der Waals surface area (Å²) in [5.41, 5.74) is 1.10. The van der Waals surface area contributed by atoms with Gasteiger partial charge in [-0.25, -0.2) is 15.0 Å². The Morgan fingerprint density at radius 1 is 1.29 bits per heavy atom. The van der Waals surface area contributed by atoms with E-state index in [2.05, 4.69) is 29.7 Å². The van der Waals surface area contributed by atoms with Gasteiger partial charge in [0.25, 0.3) is 0 Å². The highest BCUT2D eigenvalue weighted by molar-refractivity contribution is 5.25. The third-order valence-corrected chi connectivity index (χ3v) is 4.12. The standard InChI is InChI=1S/C15H22N6/c1-16-15-18-7-6-12(19-15)13-5-3-4-9-21(13)11-14-17-8-10-20(14)2/h6-8,10,13H,3-5,9,11H2,1-2H3,(H,16,18,19)/t13-/m0/s1. The van der Waals surface area contributed by atoms with Crippen molar-refractivity contribution in [1.82, 2.24) is 24.4 Å². The van der Waals surface area contributed by atoms with Crippen molar-refractivity contribution in [1.29, 1.82) is 0 Å². The minimum atomic E-state index is 0.352. The van der Waals surface area contributed by atoms with E-state index in [0.29, 0.717) is 12.0 Å². The van der Waals surface area contributed by atoms with Crippen LogP contribution in [0.15, 0.2) is 24.7 Å². The first-order valence-electron chi connectivity index (χ1n) is 7.49. The van der Waals surface area contributed by atoms with Gasteiger partial charge < -0.3 is 9.88 Å². The normalized spacial score (nSPS) is 19.6. The molecule has 112 valence electrons. The zero-order chi connectivity index (χ0) is 14.7. The maximum atomic E-state index is 4.63. The van der Waals surface area contributed by atoms with Crippen molar-refractivity contribution in [3.05, 3.63) is 36.2 Å². The molecule has 21 heavy (non-hydrogen) atoms. The highest BCUT2D eigenvalue weighted by Crippen LogP contribution is 2.31. The zero-order valence-electron chi connectivity index (χ0n) is 12.7. The molecule has 1 atom stereocenters. The van der Waals surface area contributed by atoms with Gasteiger partial charge in [0, 0.05) is 32.7 Å². The minimum absolute atomic E-state index is 0.352. The molecule has 0 saturated carbocycles. The lowest BCUT2D eigenvalue weighted by Gasteiger charge is -2.35. The van der Waals surface area contributed by atoms with Gasteiger partial charge in [0.1, 0.15) is 5.82 Å². The van der Waals surface area contributed by atoms with Gasteiger partial charge in [-0.3, -0.25) is 4.90 Å². The molecular weight excluding hydrogens is 264 g/mol. The Morgan fingerprint density at radius 3 is 2.95 bits per heavy atom. The molecule has 0 aliphatic carbocycles. The third kappa shape index (κ3) is 3.05. The second-order valence-corrected chi connectivity index (χ2v) is 5.49. The van der Waals surface area contributed by atoms with Gasteiger partial charge in [0.05, 0.1) is 18.3 Å². The summed E-state index contributed by atoms with van der Waals surface area (Å²) in [5.74, 6) is 1.79. The van der Waals surface area contributed by atoms with Gasteiger partial charge in [-0.15, -0.1) is 0 Å². The van der Waals surface area contributed by atoms with E-state index in [4.69, 9.17) is 0 Å². The van der Waals surface area contributed by atoms with Crippen LogP contribution in [0.1, 0.15) is 36.8 Å². The monoisotopic (exact) mass is 286 g/mol. The van der Waals surface area contributed by atoms with Gasteiger partial charge in [-0.05, 0) is 25.5 Å². The molecule has 1 N–H and O–H groups in total. The van der Waals surface area contributed by atoms with E-state index in [-0.39, 0.29) is 0 Å². The van der Waals surface area contributed by atoms with Crippen LogP contribution in [0.3, 0.4) is 0 Å². The molecule has 1 aliphatic heterocycles. The maximum Gasteiger partial charge on any atom is 0.222 e. The van der Waals surface area contributed by atoms with E-state index in [1.165, 1.54) is 12.8 Å². The van der Waals surface area contributed by atoms with Crippen LogP contribution >= 0.6 is 0 Å². The van der Waals surface area contributed by atoms with Crippen molar-refractivity contribution in [3.8, 4) is 0 Å². The molecule has 1 saturated heterocycles. The molecule has 0 bridgehead atoms. The van der Waals surface area contributed by atoms with Crippen LogP contribution in [0, 0.1) is 0 Å². The number of nitrogens with zero attached hydrogens (tertiary/aromatic N) is 5. The summed E-state index contributed by atoms with van der Waals surface area (Å²) < 4.78 is 2.09. The first-order chi connectivity index (χ1) is 10.3. The molecule has 2 aromatic rings. The lowest BCUT2D eigenvalue weighted by atomic mass is 9.99. The molecule has 0 radical (unpaired) electrons. The SMILES string of the molecule is CNc1nccc([C@@H]2CCCCN2Cc2nccn2C)n1. The number of rotatable bonds is 4. The molecule has 1 aliphatic rings. The van der Waals surface area contributed by atoms with Crippen molar-refractivity contribution in [2.75, 3.05) is 18.9 Å². The lowest BCUT2D eigenvalue weighted by molar-refractivity contribution is 0.132. The number of nitrogens with one attached hydrogen (secondary N) is 1. The highest BCUT2D eigenvalue weighted by atomic mass is 15.2. The topological polar surface area (TPSA) is 58.9 Å². The molecule has 0 spiro atoms. The van der Waals surface area contributed by atoms with E-state index in [1.807, 2.05) is 38.8 Å². The number of hydrogen-bond acceptors (Lipinski definition) is 5. The van der Waals surface area contributed by atoms with E-state index >= 15 is 0 Å². The summed E-state index contributed by atoms with van der Waals surface area (Å²) in [6.07, 6.45) is 9.33. The molecule has 0 aromatic carbocycles. The quantitative estimate of drug-likeness (QED) is 0.931. The molecule has 0 unspecified atom stereocenters. The number of imidazole rings is 1. The Morgan fingerprint density at radius 2 is 2.19 bits per heavy atom. The summed E-state index contributed by atoms with van der Waals surface area (Å²) in [7, 11) is 3.90. The maximum absolute atomic E-state index is 4.63. The average Bonchev–Trinajstić information content (AvgIpc) is 2.93. The fourth-order valence-corrected chi connectivity index (χ4v) is 2.92. The largest absolute Gasteiger partial charge is 0.357 e. The van der Waals surface area contributed by atoms with E-state index in [9.17, 15) is 0 Å². The Hall–Kier alpha value is -1.95. The van der Waals surface area contributed by atoms with Crippen LogP contribution in [0.4, 0.5) is 5.95 Å². The molecule has 1 fully saturated rings. The fraction of sp³-hybridized carbons (Fsp3) is 0.533. The van der Waals surface area contributed by atoms with Crippen LogP contribution in [0.2, 0.25) is 0 Å². The van der Waals surface area contributed by atoms with Crippen LogP contribution in [0.25, 0.3) is 0 Å². The third-order valence-electron chi connectivity index (χ3n) is 4.12. The van der Waals surface area contributed by atoms with Gasteiger partial charge >= 0.3 is 0 Å². The number of hydrogen-bond donors (Lipinski definition) is 1. The molecular formula is C15H22N6. The second-order valence-electron chi connectivity index (χ2n) is 5.49. The number of aromatic nitrogens is 4. The van der Waals surface area contributed by atoms with Crippen molar-refractivity contribution in [2.24, 2.45) is 7.05 Å². The van der Waals surface area contributed by atoms with E-state index in [1.54, 1.807) is 0 Å². The second kappa shape index (κ2) is 6.22. The van der Waals surface area contributed by atoms with E-state index < -0.39 is 0 Å². The number of piperidine rings is 1. The fourth-order valence-electron chi connectivity index (χ4n) is 2.92. The molecule has 3 heterocycles. The Kier molecular flexibility index (Phi) is 4.15. The Bertz CT molecular complexity index is 593. The summed E-state index contributed by atoms with van der Waals surface area (Å²) in [6.45, 7) is 1.96. The van der Waals surface area contributed by atoms with Gasteiger partial charge in [0.2, 0.25) is 5.95 Å². The predicted molar refractivity (Wildman–Crippen MR) is 81.8 cm³/mol. The van der Waals surface area contributed by atoms with Crippen molar-refractivity contribution in [2.45, 2.75) is 31.8 Å². The summed E-state index contributed by atoms with van der Waals surface area (Å²) in [5, 5.41) is 3.02. The molecule has 2 aromatic heterocycles. The Balaban J connectivity index is 1.82. The van der Waals surface area contributed by atoms with Gasteiger partial charge in [-0.2, -0.15) is 0 Å². The van der Waals surface area contributed by atoms with Gasteiger partial charge in [-0.1, -0.05) is 6.42 Å². The lowest BCUT2D eigenvalue weighted by Crippen LogP contribution is -2.34. The van der Waals surface area contributed by atoms with Crippen molar-refractivity contribution in [3.63, 3.8) is 0 Å². The van der Waals surface area contributed by atoms with Crippen LogP contribution in [-0.4, -0.2) is 38.0 Å². The zero-order valence-corrected chi connectivity index (χ0v) is 12.7. The van der Waals surface area contributed by atoms with Crippen LogP contribution in [0.5, 0.6) is 0 Å². The van der Waals surface area contributed by atoms with Crippen LogP contribution in [-0.2, 0) is 13.6 Å². The first kappa shape index (κ1) is 14.0. The van der Waals surface area contributed by atoms with Crippen molar-refractivity contribution < 1.29 is 0 Å². The van der Waals surface area contributed by atoms with E-state index in [0.717, 1.165) is 31.0 Å². The summed E-state index contributed by atoms with van der Waals surface area (Å²) in [4.78, 5) is 15.8. The Labute approximate surface area is 125 Å². The summed E-state index contributed by atoms with van der Waals surface area (Å²) >= 11 is 0. The highest BCUT2D eigenvalue weighted by Gasteiger charge is 2.26. The smallest absolute Gasteiger partial charge is 0.222 e. The molecule has 6 nitrogen and oxygen atoms in total. The number of aryl methyl sites for hydroxylation is 1.